The molecule has 1 fully saturated rings. The van der Waals surface area contributed by atoms with Crippen LogP contribution >= 0.6 is 0 Å². The molecule has 1 saturated heterocycles. The molecule has 3 amide bonds. The van der Waals surface area contributed by atoms with Gasteiger partial charge in [-0.05, 0) is 54.4 Å². The van der Waals surface area contributed by atoms with E-state index in [1.54, 1.807) is 6.07 Å². The number of imide groups is 1. The number of benzene rings is 2. The fourth-order valence-corrected chi connectivity index (χ4v) is 4.48. The summed E-state index contributed by atoms with van der Waals surface area (Å²) >= 11 is 0. The van der Waals surface area contributed by atoms with Crippen molar-refractivity contribution in [1.82, 2.24) is 9.88 Å². The summed E-state index contributed by atoms with van der Waals surface area (Å²) in [6, 6.07) is 16.1. The first-order valence-electron chi connectivity index (χ1n) is 11.5. The Kier molecular flexibility index (Phi) is 6.12. The van der Waals surface area contributed by atoms with Gasteiger partial charge in [0.1, 0.15) is 11.8 Å². The maximum Gasteiger partial charge on any atom is 0.308 e. The molecule has 1 unspecified atom stereocenters. The van der Waals surface area contributed by atoms with Crippen LogP contribution in [0.4, 0.5) is 5.69 Å². The first-order chi connectivity index (χ1) is 17.4. The molecule has 1 N–H and O–H groups in total. The van der Waals surface area contributed by atoms with Gasteiger partial charge >= 0.3 is 5.97 Å². The molecule has 1 atom stereocenters. The topological polar surface area (TPSA) is 113 Å². The Morgan fingerprint density at radius 1 is 1.08 bits per heavy atom. The summed E-state index contributed by atoms with van der Waals surface area (Å²) in [7, 11) is 0. The van der Waals surface area contributed by atoms with E-state index < -0.39 is 29.7 Å². The average Bonchev–Trinajstić information content (AvgIpc) is 3.60. The molecule has 0 aliphatic carbocycles. The van der Waals surface area contributed by atoms with E-state index in [-0.39, 0.29) is 18.7 Å². The molecule has 4 aromatic rings. The normalized spacial score (nSPS) is 15.5. The van der Waals surface area contributed by atoms with Crippen molar-refractivity contribution in [1.29, 1.82) is 0 Å². The number of esters is 1. The number of rotatable bonds is 7. The Bertz CT molecular complexity index is 1440. The Labute approximate surface area is 206 Å². The molecule has 36 heavy (non-hydrogen) atoms. The van der Waals surface area contributed by atoms with Crippen molar-refractivity contribution in [3.63, 3.8) is 0 Å². The monoisotopic (exact) mass is 485 g/mol. The lowest BCUT2D eigenvalue weighted by atomic mass is 10.1. The van der Waals surface area contributed by atoms with Crippen LogP contribution in [-0.4, -0.2) is 46.2 Å². The molecule has 1 aliphatic heterocycles. The van der Waals surface area contributed by atoms with Crippen LogP contribution in [0, 0.1) is 0 Å². The number of aromatic nitrogens is 1. The zero-order chi connectivity index (χ0) is 25.2. The maximum atomic E-state index is 13.5. The number of ether oxygens (including phenoxy) is 1. The summed E-state index contributed by atoms with van der Waals surface area (Å²) in [5.41, 5.74) is 2.31. The van der Waals surface area contributed by atoms with Gasteiger partial charge in [0, 0.05) is 30.6 Å². The number of hydrogen-bond donors (Lipinski definition) is 1. The lowest BCUT2D eigenvalue weighted by Crippen LogP contribution is -2.46. The molecule has 0 bridgehead atoms. The summed E-state index contributed by atoms with van der Waals surface area (Å²) in [5.74, 6) is -1.46. The molecule has 2 aromatic heterocycles. The van der Waals surface area contributed by atoms with Gasteiger partial charge in [-0.1, -0.05) is 18.2 Å². The van der Waals surface area contributed by atoms with Crippen molar-refractivity contribution in [2.45, 2.75) is 25.8 Å². The maximum absolute atomic E-state index is 13.5. The van der Waals surface area contributed by atoms with E-state index in [0.717, 1.165) is 21.4 Å². The van der Waals surface area contributed by atoms with Crippen molar-refractivity contribution >= 4 is 40.3 Å². The first-order valence-corrected chi connectivity index (χ1v) is 11.5. The Morgan fingerprint density at radius 2 is 1.86 bits per heavy atom. The lowest BCUT2D eigenvalue weighted by molar-refractivity contribution is -0.132. The molecular formula is C27H23N3O6. The van der Waals surface area contributed by atoms with Gasteiger partial charge in [-0.25, -0.2) is 4.90 Å². The average molecular weight is 485 g/mol. The van der Waals surface area contributed by atoms with E-state index in [9.17, 15) is 19.2 Å². The number of amides is 3. The van der Waals surface area contributed by atoms with Gasteiger partial charge in [-0.15, -0.1) is 0 Å². The van der Waals surface area contributed by atoms with Gasteiger partial charge in [-0.2, -0.15) is 0 Å². The number of aromatic amines is 1. The Balaban J connectivity index is 1.41. The quantitative estimate of drug-likeness (QED) is 0.243. The van der Waals surface area contributed by atoms with Crippen LogP contribution in [0.2, 0.25) is 0 Å². The fourth-order valence-electron chi connectivity index (χ4n) is 4.48. The van der Waals surface area contributed by atoms with Crippen LogP contribution < -0.4 is 9.64 Å². The highest BCUT2D eigenvalue weighted by Crippen LogP contribution is 2.29. The second-order valence-corrected chi connectivity index (χ2v) is 8.46. The van der Waals surface area contributed by atoms with E-state index >= 15 is 0 Å². The number of nitrogens with zero attached hydrogens (tertiary/aromatic N) is 2. The highest BCUT2D eigenvalue weighted by atomic mass is 16.5. The molecular weight excluding hydrogens is 462 g/mol. The summed E-state index contributed by atoms with van der Waals surface area (Å²) in [6.45, 7) is 1.50. The first kappa shape index (κ1) is 23.1. The van der Waals surface area contributed by atoms with Crippen molar-refractivity contribution in [2.75, 3.05) is 11.4 Å². The van der Waals surface area contributed by atoms with Crippen molar-refractivity contribution in [3.8, 4) is 5.75 Å². The molecule has 9 nitrogen and oxygen atoms in total. The third-order valence-corrected chi connectivity index (χ3v) is 6.15. The summed E-state index contributed by atoms with van der Waals surface area (Å²) in [4.78, 5) is 56.6. The minimum absolute atomic E-state index is 0.0957. The van der Waals surface area contributed by atoms with Gasteiger partial charge in [0.2, 0.25) is 5.91 Å². The highest BCUT2D eigenvalue weighted by Gasteiger charge is 2.44. The molecule has 2 aromatic carbocycles. The molecule has 0 radical (unpaired) electrons. The number of hydrogen-bond acceptors (Lipinski definition) is 6. The fraction of sp³-hybridized carbons (Fsp3) is 0.185. The minimum Gasteiger partial charge on any atom is -0.459 e. The molecule has 182 valence electrons. The zero-order valence-corrected chi connectivity index (χ0v) is 19.5. The summed E-state index contributed by atoms with van der Waals surface area (Å²) in [6.07, 6.45) is 3.61. The van der Waals surface area contributed by atoms with Crippen LogP contribution in [0.1, 0.15) is 29.5 Å². The minimum atomic E-state index is -0.978. The molecule has 1 aliphatic rings. The predicted octanol–water partition coefficient (Wildman–Crippen LogP) is 3.70. The van der Waals surface area contributed by atoms with Gasteiger partial charge < -0.3 is 19.0 Å². The van der Waals surface area contributed by atoms with Crippen LogP contribution in [0.25, 0.3) is 10.9 Å². The Hall–Kier alpha value is -4.66. The number of carbonyl (C=O) groups excluding carboxylic acids is 4. The molecule has 9 heteroatoms. The van der Waals surface area contributed by atoms with Gasteiger partial charge in [-0.3, -0.25) is 19.2 Å². The highest BCUT2D eigenvalue weighted by molar-refractivity contribution is 6.23. The predicted molar refractivity (Wildman–Crippen MR) is 130 cm³/mol. The third-order valence-electron chi connectivity index (χ3n) is 6.15. The molecule has 5 rings (SSSR count). The smallest absolute Gasteiger partial charge is 0.308 e. The summed E-state index contributed by atoms with van der Waals surface area (Å²) in [5, 5.41) is 1.03. The summed E-state index contributed by atoms with van der Waals surface area (Å²) < 4.78 is 10.3. The van der Waals surface area contributed by atoms with Gasteiger partial charge in [0.25, 0.3) is 11.8 Å². The second-order valence-electron chi connectivity index (χ2n) is 8.46. The van der Waals surface area contributed by atoms with Crippen LogP contribution in [0.15, 0.2) is 77.5 Å². The second kappa shape index (κ2) is 9.53. The van der Waals surface area contributed by atoms with E-state index in [0.29, 0.717) is 17.9 Å². The van der Waals surface area contributed by atoms with E-state index in [1.807, 2.05) is 30.5 Å². The van der Waals surface area contributed by atoms with Crippen LogP contribution in [-0.2, 0) is 20.8 Å². The number of carbonyl (C=O) groups is 4. The number of H-pyrrole nitrogens is 1. The van der Waals surface area contributed by atoms with Crippen molar-refractivity contribution < 1.29 is 28.3 Å². The number of nitrogens with one attached hydrogen (secondary N) is 1. The number of anilines is 1. The van der Waals surface area contributed by atoms with Crippen LogP contribution in [0.5, 0.6) is 5.75 Å². The number of furan rings is 1. The van der Waals surface area contributed by atoms with Gasteiger partial charge in [0.05, 0.1) is 18.4 Å². The number of fused-ring (bicyclic) bond motifs is 1. The van der Waals surface area contributed by atoms with Gasteiger partial charge in [0.15, 0.2) is 5.76 Å². The zero-order valence-electron chi connectivity index (χ0n) is 19.5. The number of para-hydroxylation sites is 1. The van der Waals surface area contributed by atoms with Crippen molar-refractivity contribution in [3.05, 3.63) is 84.4 Å². The SMILES string of the molecule is CC(=O)Oc1ccc(N2C(=O)CC(N(CCc3c[nH]c4ccccc34)C(=O)c3ccco3)C2=O)cc1. The molecule has 3 heterocycles. The van der Waals surface area contributed by atoms with E-state index in [2.05, 4.69) is 4.98 Å². The van der Waals surface area contributed by atoms with E-state index in [1.165, 1.54) is 48.4 Å². The third kappa shape index (κ3) is 4.38. The van der Waals surface area contributed by atoms with E-state index in [4.69, 9.17) is 9.15 Å². The molecule has 0 saturated carbocycles. The van der Waals surface area contributed by atoms with Crippen molar-refractivity contribution in [2.24, 2.45) is 0 Å². The largest absolute Gasteiger partial charge is 0.459 e. The Morgan fingerprint density at radius 3 is 2.58 bits per heavy atom. The lowest BCUT2D eigenvalue weighted by Gasteiger charge is -2.27. The molecule has 0 spiro atoms. The van der Waals surface area contributed by atoms with Crippen LogP contribution in [0.3, 0.4) is 0 Å². The standard InChI is InChI=1S/C27H23N3O6/c1-17(31)36-20-10-8-19(9-11-20)30-25(32)15-23(26(30)33)29(27(34)24-7-4-14-35-24)13-12-18-16-28-22-6-3-2-5-21(18)22/h2-11,14,16,23,28H,12-13,15H2,1H3.